The molecular formula is C15H14F2N4O3. The van der Waals surface area contributed by atoms with Gasteiger partial charge in [-0.3, -0.25) is 19.5 Å². The summed E-state index contributed by atoms with van der Waals surface area (Å²) in [7, 11) is 1.43. The smallest absolute Gasteiger partial charge is 0.319 e. The van der Waals surface area contributed by atoms with Crippen LogP contribution >= 0.6 is 0 Å². The molecule has 1 amide bonds. The highest BCUT2D eigenvalue weighted by Crippen LogP contribution is 2.19. The summed E-state index contributed by atoms with van der Waals surface area (Å²) in [5, 5.41) is 10.9. The lowest BCUT2D eigenvalue weighted by atomic mass is 10.1. The van der Waals surface area contributed by atoms with Crippen molar-refractivity contribution in [3.63, 3.8) is 0 Å². The highest BCUT2D eigenvalue weighted by molar-refractivity contribution is 5.92. The fourth-order valence-electron chi connectivity index (χ4n) is 2.02. The Morgan fingerprint density at radius 1 is 1.46 bits per heavy atom. The first-order chi connectivity index (χ1) is 11.4. The van der Waals surface area contributed by atoms with Crippen LogP contribution in [0.4, 0.5) is 14.5 Å². The second-order valence-electron chi connectivity index (χ2n) is 4.87. The van der Waals surface area contributed by atoms with E-state index in [2.05, 4.69) is 4.98 Å². The van der Waals surface area contributed by atoms with Crippen LogP contribution in [0.5, 0.6) is 0 Å². The number of hydrogen-bond donors (Lipinski definition) is 0. The van der Waals surface area contributed by atoms with Crippen LogP contribution in [0, 0.1) is 10.1 Å². The minimum atomic E-state index is -2.74. The first-order valence-corrected chi connectivity index (χ1v) is 6.86. The number of nitro benzene ring substituents is 1. The summed E-state index contributed by atoms with van der Waals surface area (Å²) in [6.45, 7) is -2.86. The summed E-state index contributed by atoms with van der Waals surface area (Å²) in [4.78, 5) is 27.4. The minimum Gasteiger partial charge on any atom is -0.335 e. The van der Waals surface area contributed by atoms with E-state index in [1.165, 1.54) is 42.4 Å². The highest BCUT2D eigenvalue weighted by Gasteiger charge is 2.15. The van der Waals surface area contributed by atoms with Gasteiger partial charge in [0.05, 0.1) is 17.0 Å². The number of nitrogens with zero attached hydrogens (tertiary/aromatic N) is 4. The topological polar surface area (TPSA) is 81.3 Å². The molecule has 1 aromatic carbocycles. The van der Waals surface area contributed by atoms with Crippen LogP contribution in [0.1, 0.15) is 17.9 Å². The number of halogens is 2. The third-order valence-corrected chi connectivity index (χ3v) is 3.25. The van der Waals surface area contributed by atoms with E-state index in [1.54, 1.807) is 6.07 Å². The van der Waals surface area contributed by atoms with Crippen LogP contribution in [-0.4, -0.2) is 32.3 Å². The zero-order valence-corrected chi connectivity index (χ0v) is 12.7. The molecule has 2 aromatic rings. The fraction of sp³-hybridized carbons (Fsp3) is 0.200. The zero-order chi connectivity index (χ0) is 17.7. The molecule has 0 aliphatic heterocycles. The number of hydrogen-bond acceptors (Lipinski definition) is 4. The SMILES string of the molecule is CN(Cc1nccn1C(F)F)C(=O)/C=C/c1ccccc1[N+](=O)[O-]. The number of benzene rings is 1. The van der Waals surface area contributed by atoms with Crippen LogP contribution in [0.3, 0.4) is 0 Å². The number of carbonyl (C=O) groups is 1. The van der Waals surface area contributed by atoms with E-state index < -0.39 is 17.4 Å². The van der Waals surface area contributed by atoms with Gasteiger partial charge in [0, 0.05) is 31.6 Å². The van der Waals surface area contributed by atoms with E-state index in [9.17, 15) is 23.7 Å². The lowest BCUT2D eigenvalue weighted by Crippen LogP contribution is -2.26. The third-order valence-electron chi connectivity index (χ3n) is 3.25. The number of carbonyl (C=O) groups excluding carboxylic acids is 1. The van der Waals surface area contributed by atoms with Gasteiger partial charge >= 0.3 is 6.55 Å². The molecule has 0 aliphatic rings. The van der Waals surface area contributed by atoms with Gasteiger partial charge in [0.15, 0.2) is 0 Å². The van der Waals surface area contributed by atoms with E-state index in [0.29, 0.717) is 4.57 Å². The number of likely N-dealkylation sites (N-methyl/N-ethyl adjacent to an activating group) is 1. The molecule has 0 saturated heterocycles. The number of imidazole rings is 1. The van der Waals surface area contributed by atoms with Crippen molar-refractivity contribution < 1.29 is 18.5 Å². The molecule has 0 saturated carbocycles. The van der Waals surface area contributed by atoms with Gasteiger partial charge in [-0.15, -0.1) is 0 Å². The van der Waals surface area contributed by atoms with Gasteiger partial charge in [0.2, 0.25) is 5.91 Å². The molecule has 0 N–H and O–H groups in total. The number of aromatic nitrogens is 2. The normalized spacial score (nSPS) is 11.2. The molecule has 1 heterocycles. The summed E-state index contributed by atoms with van der Waals surface area (Å²) in [6.07, 6.45) is 4.82. The Morgan fingerprint density at radius 3 is 2.83 bits per heavy atom. The lowest BCUT2D eigenvalue weighted by Gasteiger charge is -2.15. The van der Waals surface area contributed by atoms with Crippen LogP contribution in [0.15, 0.2) is 42.7 Å². The molecule has 0 atom stereocenters. The van der Waals surface area contributed by atoms with Crippen molar-refractivity contribution >= 4 is 17.7 Å². The van der Waals surface area contributed by atoms with Crippen LogP contribution < -0.4 is 0 Å². The molecule has 7 nitrogen and oxygen atoms in total. The molecule has 126 valence electrons. The van der Waals surface area contributed by atoms with Crippen LogP contribution in [0.25, 0.3) is 6.08 Å². The Kier molecular flexibility index (Phi) is 5.35. The Bertz CT molecular complexity index is 774. The van der Waals surface area contributed by atoms with Crippen molar-refractivity contribution in [2.45, 2.75) is 13.1 Å². The Labute approximate surface area is 136 Å². The van der Waals surface area contributed by atoms with Crippen molar-refractivity contribution in [3.05, 3.63) is 64.2 Å². The monoisotopic (exact) mass is 336 g/mol. The predicted molar refractivity (Wildman–Crippen MR) is 82.1 cm³/mol. The standard InChI is InChI=1S/C15H14F2N4O3/c1-19(10-13-18-8-9-20(13)15(16)17)14(22)7-6-11-4-2-3-5-12(11)21(23)24/h2-9,15H,10H2,1H3/b7-6+. The maximum atomic E-state index is 12.7. The Balaban J connectivity index is 2.09. The van der Waals surface area contributed by atoms with Crippen molar-refractivity contribution in [3.8, 4) is 0 Å². The van der Waals surface area contributed by atoms with Crippen LogP contribution in [-0.2, 0) is 11.3 Å². The largest absolute Gasteiger partial charge is 0.335 e. The lowest BCUT2D eigenvalue weighted by molar-refractivity contribution is -0.385. The summed E-state index contributed by atoms with van der Waals surface area (Å²) < 4.78 is 26.1. The summed E-state index contributed by atoms with van der Waals surface area (Å²) >= 11 is 0. The fourth-order valence-corrected chi connectivity index (χ4v) is 2.02. The molecule has 9 heteroatoms. The summed E-state index contributed by atoms with van der Waals surface area (Å²) in [5.41, 5.74) is 0.149. The number of nitro groups is 1. The molecule has 2 rings (SSSR count). The van der Waals surface area contributed by atoms with Crippen molar-refractivity contribution in [1.82, 2.24) is 14.5 Å². The predicted octanol–water partition coefficient (Wildman–Crippen LogP) is 2.86. The average molecular weight is 336 g/mol. The zero-order valence-electron chi connectivity index (χ0n) is 12.7. The van der Waals surface area contributed by atoms with Gasteiger partial charge in [-0.1, -0.05) is 12.1 Å². The van der Waals surface area contributed by atoms with Gasteiger partial charge in [-0.05, 0) is 12.1 Å². The number of amides is 1. The summed E-state index contributed by atoms with van der Waals surface area (Å²) in [5.74, 6) is -0.447. The maximum Gasteiger partial charge on any atom is 0.319 e. The number of alkyl halides is 2. The summed E-state index contributed by atoms with van der Waals surface area (Å²) in [6, 6.07) is 5.96. The van der Waals surface area contributed by atoms with E-state index in [1.807, 2.05) is 0 Å². The van der Waals surface area contributed by atoms with Gasteiger partial charge in [0.1, 0.15) is 5.82 Å². The average Bonchev–Trinajstić information content (AvgIpc) is 3.01. The number of rotatable bonds is 6. The molecule has 0 aliphatic carbocycles. The molecule has 0 spiro atoms. The molecule has 0 unspecified atom stereocenters. The van der Waals surface area contributed by atoms with E-state index >= 15 is 0 Å². The second kappa shape index (κ2) is 7.44. The van der Waals surface area contributed by atoms with Gasteiger partial charge in [-0.25, -0.2) is 4.98 Å². The van der Waals surface area contributed by atoms with Crippen molar-refractivity contribution in [1.29, 1.82) is 0 Å². The van der Waals surface area contributed by atoms with Crippen LogP contribution in [0.2, 0.25) is 0 Å². The Morgan fingerprint density at radius 2 is 2.17 bits per heavy atom. The molecule has 0 bridgehead atoms. The minimum absolute atomic E-state index is 0.0416. The highest BCUT2D eigenvalue weighted by atomic mass is 19.3. The second-order valence-corrected chi connectivity index (χ2v) is 4.87. The number of para-hydroxylation sites is 1. The van der Waals surface area contributed by atoms with Crippen molar-refractivity contribution in [2.24, 2.45) is 0 Å². The molecule has 1 aromatic heterocycles. The van der Waals surface area contributed by atoms with Gasteiger partial charge in [0.25, 0.3) is 5.69 Å². The van der Waals surface area contributed by atoms with E-state index in [-0.39, 0.29) is 23.6 Å². The quantitative estimate of drug-likeness (QED) is 0.461. The van der Waals surface area contributed by atoms with E-state index in [4.69, 9.17) is 0 Å². The molecule has 0 radical (unpaired) electrons. The first kappa shape index (κ1) is 17.3. The first-order valence-electron chi connectivity index (χ1n) is 6.86. The van der Waals surface area contributed by atoms with Gasteiger partial charge in [-0.2, -0.15) is 8.78 Å². The third kappa shape index (κ3) is 4.00. The van der Waals surface area contributed by atoms with Crippen molar-refractivity contribution in [2.75, 3.05) is 7.05 Å². The molecule has 24 heavy (non-hydrogen) atoms. The molecular weight excluding hydrogens is 322 g/mol. The Hall–Kier alpha value is -3.10. The van der Waals surface area contributed by atoms with E-state index in [0.717, 1.165) is 12.3 Å². The maximum absolute atomic E-state index is 12.7. The van der Waals surface area contributed by atoms with Gasteiger partial charge < -0.3 is 4.90 Å². The molecule has 0 fully saturated rings.